The topological polar surface area (TPSA) is 96.5 Å². The Morgan fingerprint density at radius 2 is 1.66 bits per heavy atom. The molecule has 5 aliphatic carbocycles. The fourth-order valence-corrected chi connectivity index (χ4v) is 10.6. The maximum atomic E-state index is 13.3. The number of anilines is 2. The lowest BCUT2D eigenvalue weighted by Crippen LogP contribution is -2.59. The van der Waals surface area contributed by atoms with Crippen LogP contribution in [0.2, 0.25) is 0 Å². The Bertz CT molecular complexity index is 1310. The summed E-state index contributed by atoms with van der Waals surface area (Å²) in [5, 5.41) is 7.37. The third kappa shape index (κ3) is 5.12. The van der Waals surface area contributed by atoms with Crippen molar-refractivity contribution >= 4 is 55.3 Å². The molecule has 0 amide bonds. The van der Waals surface area contributed by atoms with Gasteiger partial charge in [-0.1, -0.05) is 0 Å². The van der Waals surface area contributed by atoms with Crippen molar-refractivity contribution in [3.8, 4) is 0 Å². The molecule has 2 aromatic rings. The third-order valence-corrected chi connectivity index (χ3v) is 11.7. The van der Waals surface area contributed by atoms with Crippen molar-refractivity contribution in [3.63, 3.8) is 0 Å². The number of rotatable bonds is 7. The van der Waals surface area contributed by atoms with E-state index in [-0.39, 0.29) is 16.4 Å². The summed E-state index contributed by atoms with van der Waals surface area (Å²) in [4.78, 5) is 14.2. The fourth-order valence-electron chi connectivity index (χ4n) is 7.64. The maximum Gasteiger partial charge on any atom is 0.341 e. The fraction of sp³-hybridized carbons (Fsp3) is 0.571. The van der Waals surface area contributed by atoms with E-state index in [1.54, 1.807) is 42.5 Å². The molecule has 38 heavy (non-hydrogen) atoms. The summed E-state index contributed by atoms with van der Waals surface area (Å²) in [6, 6.07) is 6.71. The summed E-state index contributed by atoms with van der Waals surface area (Å²) in [6.45, 7) is 2.12. The van der Waals surface area contributed by atoms with E-state index >= 15 is 0 Å². The van der Waals surface area contributed by atoms with E-state index in [1.807, 2.05) is 0 Å². The van der Waals surface area contributed by atoms with Gasteiger partial charge in [-0.2, -0.15) is 0 Å². The number of carbonyl (C=O) groups is 1. The standard InChI is InChI=1S/C28H35N3O4S3/c1-2-35-26(32)24-22-5-3-4-6-23(22)37-25(24)30-27(36)29-20-7-9-21(10-8-20)38(33,34)31-28-14-17-11-18(15-28)13-19(12-17)16-28/h7-10,17-19,31H,2-6,11-16H2,1H3,(H2,29,30,36). The monoisotopic (exact) mass is 573 g/mol. The minimum atomic E-state index is -3.62. The first kappa shape index (κ1) is 26.2. The Hall–Kier alpha value is -2.01. The second-order valence-corrected chi connectivity index (χ2v) is 14.7. The second-order valence-electron chi connectivity index (χ2n) is 11.5. The molecular weight excluding hydrogens is 539 g/mol. The molecule has 7 rings (SSSR count). The van der Waals surface area contributed by atoms with E-state index in [1.165, 1.54) is 24.1 Å². The van der Waals surface area contributed by atoms with E-state index in [4.69, 9.17) is 17.0 Å². The van der Waals surface area contributed by atoms with Crippen molar-refractivity contribution in [2.45, 2.75) is 81.6 Å². The first-order chi connectivity index (χ1) is 18.2. The molecule has 0 saturated heterocycles. The van der Waals surface area contributed by atoms with Gasteiger partial charge in [-0.15, -0.1) is 11.3 Å². The molecule has 0 atom stereocenters. The molecule has 3 N–H and O–H groups in total. The van der Waals surface area contributed by atoms with Gasteiger partial charge in [0.15, 0.2) is 5.11 Å². The van der Waals surface area contributed by atoms with Gasteiger partial charge in [-0.25, -0.2) is 17.9 Å². The number of hydrogen-bond donors (Lipinski definition) is 3. The molecule has 4 saturated carbocycles. The number of aryl methyl sites for hydroxylation is 1. The Labute approximate surface area is 234 Å². The third-order valence-electron chi connectivity index (χ3n) is 8.69. The minimum Gasteiger partial charge on any atom is -0.462 e. The van der Waals surface area contributed by atoms with E-state index in [2.05, 4.69) is 15.4 Å². The predicted molar refractivity (Wildman–Crippen MR) is 154 cm³/mol. The number of benzene rings is 1. The molecule has 10 heteroatoms. The minimum absolute atomic E-state index is 0.271. The summed E-state index contributed by atoms with van der Waals surface area (Å²) in [5.74, 6) is 1.69. The van der Waals surface area contributed by atoms with Gasteiger partial charge in [0, 0.05) is 16.1 Å². The summed E-state index contributed by atoms with van der Waals surface area (Å²) >= 11 is 7.11. The normalized spacial score (nSPS) is 27.6. The summed E-state index contributed by atoms with van der Waals surface area (Å²) in [7, 11) is -3.62. The number of esters is 1. The van der Waals surface area contributed by atoms with E-state index in [0.717, 1.165) is 50.5 Å². The van der Waals surface area contributed by atoms with Crippen LogP contribution in [0.4, 0.5) is 10.7 Å². The lowest BCUT2D eigenvalue weighted by Gasteiger charge is -2.56. The van der Waals surface area contributed by atoms with Crippen LogP contribution in [0.3, 0.4) is 0 Å². The van der Waals surface area contributed by atoms with Crippen molar-refractivity contribution in [2.75, 3.05) is 17.2 Å². The molecule has 204 valence electrons. The van der Waals surface area contributed by atoms with E-state index in [0.29, 0.717) is 45.7 Å². The van der Waals surface area contributed by atoms with Gasteiger partial charge in [0.25, 0.3) is 0 Å². The van der Waals surface area contributed by atoms with Gasteiger partial charge < -0.3 is 15.4 Å². The molecule has 1 aromatic carbocycles. The summed E-state index contributed by atoms with van der Waals surface area (Å²) < 4.78 is 35.1. The lowest BCUT2D eigenvalue weighted by atomic mass is 9.53. The van der Waals surface area contributed by atoms with Gasteiger partial charge >= 0.3 is 5.97 Å². The number of thiophene rings is 1. The number of ether oxygens (including phenoxy) is 1. The first-order valence-corrected chi connectivity index (χ1v) is 16.5. The number of hydrogen-bond acceptors (Lipinski definition) is 6. The number of nitrogens with one attached hydrogen (secondary N) is 3. The van der Waals surface area contributed by atoms with Gasteiger partial charge in [-0.3, -0.25) is 0 Å². The number of fused-ring (bicyclic) bond motifs is 1. The summed E-state index contributed by atoms with van der Waals surface area (Å²) in [5.41, 5.74) is 2.07. The quantitative estimate of drug-likeness (QED) is 0.282. The van der Waals surface area contributed by atoms with Crippen LogP contribution in [0.25, 0.3) is 0 Å². The van der Waals surface area contributed by atoms with Gasteiger partial charge in [0.05, 0.1) is 17.1 Å². The zero-order valence-corrected chi connectivity index (χ0v) is 24.1. The molecular formula is C28H35N3O4S3. The van der Waals surface area contributed by atoms with Crippen LogP contribution >= 0.6 is 23.6 Å². The highest BCUT2D eigenvalue weighted by Crippen LogP contribution is 2.56. The van der Waals surface area contributed by atoms with E-state index < -0.39 is 10.0 Å². The Balaban J connectivity index is 1.13. The van der Waals surface area contributed by atoms with Gasteiger partial charge in [-0.05, 0) is 131 Å². The van der Waals surface area contributed by atoms with Crippen LogP contribution in [0.1, 0.15) is 79.1 Å². The van der Waals surface area contributed by atoms with Crippen LogP contribution in [0, 0.1) is 17.8 Å². The smallest absolute Gasteiger partial charge is 0.341 e. The Morgan fingerprint density at radius 3 is 2.29 bits per heavy atom. The van der Waals surface area contributed by atoms with Crippen molar-refractivity contribution < 1.29 is 17.9 Å². The highest BCUT2D eigenvalue weighted by molar-refractivity contribution is 7.89. The molecule has 0 spiro atoms. The Kier molecular flexibility index (Phi) is 7.03. The average molecular weight is 574 g/mol. The zero-order chi connectivity index (χ0) is 26.5. The molecule has 1 aromatic heterocycles. The average Bonchev–Trinajstić information content (AvgIpc) is 3.20. The predicted octanol–water partition coefficient (Wildman–Crippen LogP) is 5.86. The Morgan fingerprint density at radius 1 is 1.03 bits per heavy atom. The number of thiocarbonyl (C=S) groups is 1. The molecule has 4 fully saturated rings. The van der Waals surface area contributed by atoms with Crippen LogP contribution in [0.15, 0.2) is 29.2 Å². The maximum absolute atomic E-state index is 13.3. The zero-order valence-electron chi connectivity index (χ0n) is 21.7. The van der Waals surface area contributed by atoms with Crippen LogP contribution in [-0.4, -0.2) is 31.6 Å². The van der Waals surface area contributed by atoms with Crippen molar-refractivity contribution in [2.24, 2.45) is 17.8 Å². The van der Waals surface area contributed by atoms with Crippen molar-refractivity contribution in [1.29, 1.82) is 0 Å². The van der Waals surface area contributed by atoms with Crippen LogP contribution in [-0.2, 0) is 27.6 Å². The van der Waals surface area contributed by atoms with Gasteiger partial charge in [0.2, 0.25) is 10.0 Å². The van der Waals surface area contributed by atoms with Crippen LogP contribution < -0.4 is 15.4 Å². The van der Waals surface area contributed by atoms with Crippen LogP contribution in [0.5, 0.6) is 0 Å². The number of carbonyl (C=O) groups excluding carboxylic acids is 1. The second kappa shape index (κ2) is 10.2. The molecule has 0 radical (unpaired) electrons. The lowest BCUT2D eigenvalue weighted by molar-refractivity contribution is -0.00810. The highest BCUT2D eigenvalue weighted by atomic mass is 32.2. The molecule has 1 heterocycles. The largest absolute Gasteiger partial charge is 0.462 e. The van der Waals surface area contributed by atoms with Gasteiger partial charge in [0.1, 0.15) is 5.00 Å². The van der Waals surface area contributed by atoms with Crippen molar-refractivity contribution in [1.82, 2.24) is 4.72 Å². The van der Waals surface area contributed by atoms with E-state index in [9.17, 15) is 13.2 Å². The molecule has 0 unspecified atom stereocenters. The molecule has 7 nitrogen and oxygen atoms in total. The highest BCUT2D eigenvalue weighted by Gasteiger charge is 2.52. The molecule has 0 aliphatic heterocycles. The van der Waals surface area contributed by atoms with Crippen molar-refractivity contribution in [3.05, 3.63) is 40.3 Å². The SMILES string of the molecule is CCOC(=O)c1c(NC(=S)Nc2ccc(S(=O)(=O)NC34CC5CC(CC(C5)C3)C4)cc2)sc2c1CCCC2. The number of sulfonamides is 1. The molecule has 5 aliphatic rings. The molecule has 4 bridgehead atoms. The first-order valence-electron chi connectivity index (χ1n) is 13.8. The summed E-state index contributed by atoms with van der Waals surface area (Å²) in [6.07, 6.45) is 10.7.